The monoisotopic (exact) mass is 770 g/mol. The Bertz CT molecular complexity index is 531. The molecule has 0 heterocycles. The predicted molar refractivity (Wildman–Crippen MR) is 155 cm³/mol. The molecule has 0 aromatic carbocycles. The number of hydrogen-bond donors (Lipinski definition) is 3. The van der Waals surface area contributed by atoms with E-state index in [1.54, 1.807) is 0 Å². The van der Waals surface area contributed by atoms with Crippen molar-refractivity contribution >= 4 is 23.5 Å². The van der Waals surface area contributed by atoms with Crippen molar-refractivity contribution in [3.8, 4) is 0 Å². The van der Waals surface area contributed by atoms with Crippen molar-refractivity contribution in [3.63, 3.8) is 0 Å². The summed E-state index contributed by atoms with van der Waals surface area (Å²) in [5, 5.41) is 0. The maximum Gasteiger partial charge on any atom is 3.00 e. The predicted octanol–water partition coefficient (Wildman–Crippen LogP) is 8.16. The van der Waals surface area contributed by atoms with E-state index in [9.17, 15) is 13.7 Å². The standard InChI is InChI=1S/3C8H19O4P.Ce/c3*1-3-5-7-11-13(9,10)12-8-6-4-2;/h3*3-8H2,1-2H3,(H,9,10);/q;;;+3. The van der Waals surface area contributed by atoms with Crippen LogP contribution in [0.4, 0.5) is 0 Å². The third-order valence-electron chi connectivity index (χ3n) is 4.51. The van der Waals surface area contributed by atoms with Crippen molar-refractivity contribution in [2.24, 2.45) is 0 Å². The zero-order valence-corrected chi connectivity index (χ0v) is 31.4. The first-order valence-corrected chi connectivity index (χ1v) is 18.7. The van der Waals surface area contributed by atoms with Crippen molar-refractivity contribution in [3.05, 3.63) is 0 Å². The van der Waals surface area contributed by atoms with E-state index in [-0.39, 0.29) is 81.4 Å². The van der Waals surface area contributed by atoms with Crippen LogP contribution in [-0.4, -0.2) is 54.3 Å². The van der Waals surface area contributed by atoms with Crippen LogP contribution in [0.2, 0.25) is 0 Å². The summed E-state index contributed by atoms with van der Waals surface area (Å²) in [4.78, 5) is 27.2. The molecule has 0 spiro atoms. The molecule has 0 aromatic heterocycles. The van der Waals surface area contributed by atoms with E-state index in [1.807, 2.05) is 41.5 Å². The summed E-state index contributed by atoms with van der Waals surface area (Å²) < 4.78 is 61.5. The molecular formula is C24H57CeO12P3+3. The van der Waals surface area contributed by atoms with Gasteiger partial charge in [0.15, 0.2) is 0 Å². The van der Waals surface area contributed by atoms with E-state index in [4.69, 9.17) is 41.8 Å². The van der Waals surface area contributed by atoms with Gasteiger partial charge in [0.2, 0.25) is 0 Å². The molecule has 0 saturated carbocycles. The van der Waals surface area contributed by atoms with E-state index in [1.165, 1.54) is 0 Å². The molecule has 12 nitrogen and oxygen atoms in total. The first-order valence-electron chi connectivity index (χ1n) is 14.2. The maximum absolute atomic E-state index is 11.1. The van der Waals surface area contributed by atoms with Crippen molar-refractivity contribution in [1.82, 2.24) is 0 Å². The van der Waals surface area contributed by atoms with Gasteiger partial charge in [-0.25, -0.2) is 13.7 Å². The molecule has 16 heteroatoms. The zero-order valence-electron chi connectivity index (χ0n) is 25.6. The molecule has 3 N–H and O–H groups in total. The fourth-order valence-electron chi connectivity index (χ4n) is 2.06. The first-order chi connectivity index (χ1) is 18.4. The molecule has 0 aliphatic heterocycles. The third-order valence-corrected chi connectivity index (χ3v) is 7.57. The molecular weight excluding hydrogens is 713 g/mol. The molecule has 0 saturated heterocycles. The van der Waals surface area contributed by atoms with Gasteiger partial charge in [0.05, 0.1) is 39.6 Å². The number of hydrogen-bond acceptors (Lipinski definition) is 9. The summed E-state index contributed by atoms with van der Waals surface area (Å²) >= 11 is 0. The molecule has 0 fully saturated rings. The SMILES string of the molecule is CCCCOP(=O)(O)OCCCC.CCCCOP(=O)(O)OCCCC.CCCCOP(=O)(O)OCCCC.[Ce+3]. The Kier molecular flexibility index (Phi) is 40.8. The van der Waals surface area contributed by atoms with Gasteiger partial charge in [0, 0.05) is 0 Å². The molecule has 0 atom stereocenters. The van der Waals surface area contributed by atoms with Gasteiger partial charge in [-0.3, -0.25) is 27.1 Å². The minimum absolute atomic E-state index is 0. The second kappa shape index (κ2) is 33.6. The summed E-state index contributed by atoms with van der Waals surface area (Å²) in [5.74, 6) is 0. The summed E-state index contributed by atoms with van der Waals surface area (Å²) in [7, 11) is -11.3. The van der Waals surface area contributed by atoms with Gasteiger partial charge >= 0.3 is 65.2 Å². The molecule has 0 amide bonds. The van der Waals surface area contributed by atoms with Crippen LogP contribution in [0.5, 0.6) is 0 Å². The van der Waals surface area contributed by atoms with Crippen molar-refractivity contribution in [1.29, 1.82) is 0 Å². The van der Waals surface area contributed by atoms with Gasteiger partial charge in [0.1, 0.15) is 0 Å². The fourth-order valence-corrected chi connectivity index (χ4v) is 4.44. The Balaban J connectivity index is -0.000000240. The normalized spacial score (nSPS) is 11.6. The van der Waals surface area contributed by atoms with E-state index in [0.29, 0.717) is 0 Å². The van der Waals surface area contributed by atoms with Gasteiger partial charge < -0.3 is 14.7 Å². The van der Waals surface area contributed by atoms with Crippen LogP contribution in [0.3, 0.4) is 0 Å². The molecule has 1 radical (unpaired) electrons. The van der Waals surface area contributed by atoms with Crippen LogP contribution in [0.15, 0.2) is 0 Å². The Morgan fingerprint density at radius 1 is 0.375 bits per heavy atom. The van der Waals surface area contributed by atoms with Gasteiger partial charge in [-0.1, -0.05) is 80.1 Å². The van der Waals surface area contributed by atoms with Gasteiger partial charge in [-0.05, 0) is 38.5 Å². The summed E-state index contributed by atoms with van der Waals surface area (Å²) in [6, 6.07) is 0. The summed E-state index contributed by atoms with van der Waals surface area (Å²) in [6.45, 7) is 13.7. The van der Waals surface area contributed by atoms with Crippen molar-refractivity contribution in [2.45, 2.75) is 119 Å². The van der Waals surface area contributed by atoms with Gasteiger partial charge in [-0.2, -0.15) is 0 Å². The number of phosphoric ester groups is 3. The Hall–Kier alpha value is 1.71. The molecule has 0 unspecified atom stereocenters. The maximum atomic E-state index is 11.1. The summed E-state index contributed by atoms with van der Waals surface area (Å²) in [6.07, 6.45) is 10.3. The van der Waals surface area contributed by atoms with E-state index < -0.39 is 23.5 Å². The van der Waals surface area contributed by atoms with E-state index in [0.717, 1.165) is 77.0 Å². The van der Waals surface area contributed by atoms with E-state index >= 15 is 0 Å². The van der Waals surface area contributed by atoms with Crippen LogP contribution in [0, 0.1) is 41.7 Å². The van der Waals surface area contributed by atoms with Crippen LogP contribution in [0.1, 0.15) is 119 Å². The number of phosphoric acid groups is 3. The zero-order chi connectivity index (χ0) is 30.5. The molecule has 0 aliphatic carbocycles. The van der Waals surface area contributed by atoms with Crippen LogP contribution >= 0.6 is 23.5 Å². The number of rotatable bonds is 24. The van der Waals surface area contributed by atoms with Crippen LogP contribution in [-0.2, 0) is 40.8 Å². The average molecular weight is 771 g/mol. The smallest absolute Gasteiger partial charge is 0.302 e. The van der Waals surface area contributed by atoms with Crippen LogP contribution < -0.4 is 0 Å². The van der Waals surface area contributed by atoms with Gasteiger partial charge in [0.25, 0.3) is 0 Å². The fraction of sp³-hybridized carbons (Fsp3) is 1.00. The molecule has 0 aliphatic rings. The minimum atomic E-state index is -3.75. The molecule has 0 bridgehead atoms. The van der Waals surface area contributed by atoms with Crippen molar-refractivity contribution < 1.29 is 97.3 Å². The minimum Gasteiger partial charge on any atom is -0.302 e. The topological polar surface area (TPSA) is 167 Å². The quantitative estimate of drug-likeness (QED) is 0.0638. The Labute approximate surface area is 277 Å². The molecule has 0 rings (SSSR count). The average Bonchev–Trinajstić information content (AvgIpc) is 2.85. The Morgan fingerprint density at radius 2 is 0.500 bits per heavy atom. The second-order valence-electron chi connectivity index (χ2n) is 8.53. The number of unbranched alkanes of at least 4 members (excludes halogenated alkanes) is 6. The molecule has 0 aromatic rings. The molecule has 40 heavy (non-hydrogen) atoms. The van der Waals surface area contributed by atoms with Crippen LogP contribution in [0.25, 0.3) is 0 Å². The Morgan fingerprint density at radius 3 is 0.600 bits per heavy atom. The summed E-state index contributed by atoms with van der Waals surface area (Å²) in [5.41, 5.74) is 0. The largest absolute Gasteiger partial charge is 3.00 e. The van der Waals surface area contributed by atoms with Gasteiger partial charge in [-0.15, -0.1) is 0 Å². The molecule has 241 valence electrons. The second-order valence-corrected chi connectivity index (χ2v) is 12.9. The third kappa shape index (κ3) is 41.8. The van der Waals surface area contributed by atoms with E-state index in [2.05, 4.69) is 0 Å². The van der Waals surface area contributed by atoms with Crippen molar-refractivity contribution in [2.75, 3.05) is 39.6 Å². The first kappa shape index (κ1) is 48.6.